The largest absolute Gasteiger partial charge is 0.480 e. The number of aliphatic carboxylic acids is 1. The quantitative estimate of drug-likeness (QED) is 0.204. The van der Waals surface area contributed by atoms with Crippen LogP contribution in [0.15, 0.2) is 0 Å². The van der Waals surface area contributed by atoms with Gasteiger partial charge < -0.3 is 32.9 Å². The Labute approximate surface area is 148 Å². The number of carboxylic acid groups (broad SMARTS) is 1. The second-order valence-electron chi connectivity index (χ2n) is 5.19. The number of carbonyl (C=O) groups excluding carboxylic acids is 4. The number of carbonyl (C=O) groups is 5. The molecule has 0 aromatic heterocycles. The summed E-state index contributed by atoms with van der Waals surface area (Å²) in [6, 6.07) is -3.84. The lowest BCUT2D eigenvalue weighted by atomic mass is 10.1. The summed E-state index contributed by atoms with van der Waals surface area (Å²) in [5, 5.41) is 13.5. The van der Waals surface area contributed by atoms with Gasteiger partial charge in [-0.25, -0.2) is 4.79 Å². The molecule has 0 aromatic rings. The molecule has 142 valence electrons. The first-order valence-electron chi connectivity index (χ1n) is 7.23. The second-order valence-corrected chi connectivity index (χ2v) is 6.18. The van der Waals surface area contributed by atoms with E-state index >= 15 is 0 Å². The highest BCUT2D eigenvalue weighted by atomic mass is 32.2. The van der Waals surface area contributed by atoms with E-state index in [1.54, 1.807) is 6.26 Å². The van der Waals surface area contributed by atoms with Gasteiger partial charge >= 0.3 is 5.97 Å². The molecule has 0 fully saturated rings. The van der Waals surface area contributed by atoms with Crippen molar-refractivity contribution in [1.82, 2.24) is 10.6 Å². The fourth-order valence-electron chi connectivity index (χ4n) is 1.77. The van der Waals surface area contributed by atoms with Gasteiger partial charge in [0.15, 0.2) is 0 Å². The normalized spacial score (nSPS) is 14.0. The lowest BCUT2D eigenvalue weighted by Crippen LogP contribution is -2.55. The van der Waals surface area contributed by atoms with Gasteiger partial charge in [0.25, 0.3) is 0 Å². The van der Waals surface area contributed by atoms with Gasteiger partial charge in [-0.1, -0.05) is 0 Å². The number of nitrogens with two attached hydrogens (primary N) is 3. The maximum atomic E-state index is 12.2. The van der Waals surface area contributed by atoms with Crippen LogP contribution >= 0.6 is 11.8 Å². The van der Waals surface area contributed by atoms with Crippen LogP contribution in [0.2, 0.25) is 0 Å². The van der Waals surface area contributed by atoms with E-state index in [0.29, 0.717) is 5.75 Å². The summed E-state index contributed by atoms with van der Waals surface area (Å²) in [6.45, 7) is 0. The molecule has 3 unspecified atom stereocenters. The van der Waals surface area contributed by atoms with Crippen molar-refractivity contribution in [3.63, 3.8) is 0 Å². The van der Waals surface area contributed by atoms with Crippen molar-refractivity contribution in [3.05, 3.63) is 0 Å². The van der Waals surface area contributed by atoms with Crippen molar-refractivity contribution in [2.24, 2.45) is 17.2 Å². The van der Waals surface area contributed by atoms with Crippen LogP contribution < -0.4 is 27.8 Å². The lowest BCUT2D eigenvalue weighted by Gasteiger charge is -2.22. The van der Waals surface area contributed by atoms with Crippen LogP contribution in [0, 0.1) is 0 Å². The molecule has 0 aliphatic heterocycles. The Balaban J connectivity index is 5.01. The minimum Gasteiger partial charge on any atom is -0.480 e. The van der Waals surface area contributed by atoms with Gasteiger partial charge in [0.05, 0.1) is 18.9 Å². The van der Waals surface area contributed by atoms with Crippen molar-refractivity contribution in [2.75, 3.05) is 12.0 Å². The molecule has 0 saturated heterocycles. The maximum Gasteiger partial charge on any atom is 0.326 e. The molecule has 0 spiro atoms. The van der Waals surface area contributed by atoms with Gasteiger partial charge in [-0.15, -0.1) is 0 Å². The number of thioether (sulfide) groups is 1. The van der Waals surface area contributed by atoms with Crippen molar-refractivity contribution in [3.8, 4) is 0 Å². The van der Waals surface area contributed by atoms with E-state index in [1.165, 1.54) is 11.8 Å². The highest BCUT2D eigenvalue weighted by Gasteiger charge is 2.28. The Morgan fingerprint density at radius 3 is 1.92 bits per heavy atom. The van der Waals surface area contributed by atoms with Crippen molar-refractivity contribution in [1.29, 1.82) is 0 Å². The molecular formula is C13H23N5O6S. The molecule has 12 heteroatoms. The third-order valence-corrected chi connectivity index (χ3v) is 3.67. The fourth-order valence-corrected chi connectivity index (χ4v) is 2.24. The molecule has 0 aliphatic carbocycles. The Kier molecular flexibility index (Phi) is 10.2. The average molecular weight is 377 g/mol. The van der Waals surface area contributed by atoms with E-state index in [9.17, 15) is 24.0 Å². The molecular weight excluding hydrogens is 354 g/mol. The molecule has 4 amide bonds. The predicted molar refractivity (Wildman–Crippen MR) is 90.1 cm³/mol. The molecule has 0 bridgehead atoms. The molecule has 0 rings (SSSR count). The zero-order valence-corrected chi connectivity index (χ0v) is 14.5. The SMILES string of the molecule is CSCCC(NC(=O)C(N)CC(N)=O)C(=O)NC(CC(N)=O)C(=O)O. The molecule has 0 heterocycles. The summed E-state index contributed by atoms with van der Waals surface area (Å²) in [7, 11) is 0. The highest BCUT2D eigenvalue weighted by Crippen LogP contribution is 2.03. The predicted octanol–water partition coefficient (Wildman–Crippen LogP) is -3.13. The van der Waals surface area contributed by atoms with E-state index in [-0.39, 0.29) is 6.42 Å². The first kappa shape index (κ1) is 22.7. The molecule has 0 aromatic carbocycles. The van der Waals surface area contributed by atoms with E-state index in [2.05, 4.69) is 10.6 Å². The van der Waals surface area contributed by atoms with Crippen LogP contribution in [0.1, 0.15) is 19.3 Å². The Morgan fingerprint density at radius 1 is 0.960 bits per heavy atom. The summed E-state index contributed by atoms with van der Waals surface area (Å²) in [5.74, 6) is -4.21. The number of hydrogen-bond acceptors (Lipinski definition) is 7. The standard InChI is InChI=1S/C13H23N5O6S/c1-25-3-2-7(17-11(21)6(14)4-9(15)19)12(22)18-8(13(23)24)5-10(16)20/h6-8H,2-5,14H2,1H3,(H2,15,19)(H2,16,20)(H,17,21)(H,18,22)(H,23,24). The van der Waals surface area contributed by atoms with Crippen LogP contribution in [-0.4, -0.2) is 64.8 Å². The third-order valence-electron chi connectivity index (χ3n) is 3.02. The van der Waals surface area contributed by atoms with E-state index in [0.717, 1.165) is 0 Å². The number of primary amides is 2. The summed E-state index contributed by atoms with van der Waals surface area (Å²) in [4.78, 5) is 56.9. The lowest BCUT2D eigenvalue weighted by molar-refractivity contribution is -0.143. The van der Waals surface area contributed by atoms with Gasteiger partial charge in [0.1, 0.15) is 12.1 Å². The zero-order valence-electron chi connectivity index (χ0n) is 13.7. The molecule has 9 N–H and O–H groups in total. The third kappa shape index (κ3) is 9.52. The highest BCUT2D eigenvalue weighted by molar-refractivity contribution is 7.98. The topological polar surface area (TPSA) is 208 Å². The average Bonchev–Trinajstić information content (AvgIpc) is 2.48. The second kappa shape index (κ2) is 11.3. The molecule has 0 saturated carbocycles. The first-order chi connectivity index (χ1) is 11.6. The number of rotatable bonds is 12. The summed E-state index contributed by atoms with van der Waals surface area (Å²) >= 11 is 1.40. The van der Waals surface area contributed by atoms with Gasteiger partial charge in [-0.2, -0.15) is 11.8 Å². The smallest absolute Gasteiger partial charge is 0.326 e. The maximum absolute atomic E-state index is 12.2. The van der Waals surface area contributed by atoms with Gasteiger partial charge in [-0.3, -0.25) is 19.2 Å². The minimum absolute atomic E-state index is 0.185. The summed E-state index contributed by atoms with van der Waals surface area (Å²) in [6.07, 6.45) is 0.973. The minimum atomic E-state index is -1.52. The number of carboxylic acids is 1. The van der Waals surface area contributed by atoms with Crippen LogP contribution in [0.4, 0.5) is 0 Å². The zero-order chi connectivity index (χ0) is 19.6. The summed E-state index contributed by atoms with van der Waals surface area (Å²) < 4.78 is 0. The number of hydrogen-bond donors (Lipinski definition) is 6. The molecule has 0 aliphatic rings. The van der Waals surface area contributed by atoms with Crippen LogP contribution in [0.5, 0.6) is 0 Å². The van der Waals surface area contributed by atoms with Gasteiger partial charge in [0, 0.05) is 0 Å². The first-order valence-corrected chi connectivity index (χ1v) is 8.62. The Bertz CT molecular complexity index is 529. The fraction of sp³-hybridized carbons (Fsp3) is 0.615. The molecule has 25 heavy (non-hydrogen) atoms. The van der Waals surface area contributed by atoms with E-state index in [4.69, 9.17) is 22.3 Å². The molecule has 0 radical (unpaired) electrons. The van der Waals surface area contributed by atoms with Gasteiger partial charge in [-0.05, 0) is 18.4 Å². The molecule has 11 nitrogen and oxygen atoms in total. The van der Waals surface area contributed by atoms with Crippen LogP contribution in [0.25, 0.3) is 0 Å². The monoisotopic (exact) mass is 377 g/mol. The molecule has 3 atom stereocenters. The van der Waals surface area contributed by atoms with Crippen LogP contribution in [-0.2, 0) is 24.0 Å². The van der Waals surface area contributed by atoms with Gasteiger partial charge in [0.2, 0.25) is 23.6 Å². The van der Waals surface area contributed by atoms with Crippen molar-refractivity contribution in [2.45, 2.75) is 37.4 Å². The Hall–Kier alpha value is -2.34. The van der Waals surface area contributed by atoms with Crippen molar-refractivity contribution >= 4 is 41.4 Å². The Morgan fingerprint density at radius 2 is 1.48 bits per heavy atom. The van der Waals surface area contributed by atoms with E-state index < -0.39 is 60.6 Å². The van der Waals surface area contributed by atoms with E-state index in [1.807, 2.05) is 0 Å². The number of nitrogens with one attached hydrogen (secondary N) is 2. The van der Waals surface area contributed by atoms with Crippen molar-refractivity contribution < 1.29 is 29.1 Å². The van der Waals surface area contributed by atoms with Crippen LogP contribution in [0.3, 0.4) is 0 Å². The number of amides is 4. The summed E-state index contributed by atoms with van der Waals surface area (Å²) in [5.41, 5.74) is 15.4.